The second kappa shape index (κ2) is 2.63. The number of fused-ring (bicyclic) bond motifs is 1. The molecule has 0 fully saturated rings. The average Bonchev–Trinajstić information content (AvgIpc) is 2.88. The molecule has 0 radical (unpaired) electrons. The van der Waals surface area contributed by atoms with Gasteiger partial charge in [0, 0.05) is 0 Å². The second-order valence-corrected chi connectivity index (χ2v) is 2.64. The van der Waals surface area contributed by atoms with Crippen LogP contribution in [0.5, 0.6) is 0 Å². The van der Waals surface area contributed by atoms with Gasteiger partial charge in [-0.3, -0.25) is 0 Å². The van der Waals surface area contributed by atoms with E-state index in [9.17, 15) is 0 Å². The molecule has 0 aliphatic rings. The van der Waals surface area contributed by atoms with E-state index in [1.165, 1.54) is 0 Å². The molecule has 0 N–H and O–H groups in total. The number of hydrogen-bond donors (Lipinski definition) is 0. The van der Waals surface area contributed by atoms with Gasteiger partial charge in [-0.05, 0) is 22.4 Å². The van der Waals surface area contributed by atoms with E-state index in [4.69, 9.17) is 4.42 Å². The Hall–Kier alpha value is -2.24. The molecule has 3 aromatic heterocycles. The quantitative estimate of drug-likeness (QED) is 0.572. The third kappa shape index (κ3) is 0.972. The third-order valence-electron chi connectivity index (χ3n) is 1.76. The molecular weight excluding hydrogens is 184 g/mol. The first-order valence-electron chi connectivity index (χ1n) is 3.93. The molecule has 0 saturated carbocycles. The zero-order chi connectivity index (χ0) is 9.38. The van der Waals surface area contributed by atoms with E-state index in [0.29, 0.717) is 22.7 Å². The van der Waals surface area contributed by atoms with Crippen molar-refractivity contribution in [1.82, 2.24) is 20.3 Å². The van der Waals surface area contributed by atoms with Crippen molar-refractivity contribution in [3.8, 4) is 11.5 Å². The van der Waals surface area contributed by atoms with Gasteiger partial charge >= 0.3 is 0 Å². The van der Waals surface area contributed by atoms with Crippen LogP contribution in [0.3, 0.4) is 0 Å². The van der Waals surface area contributed by atoms with Gasteiger partial charge in [-0.25, -0.2) is 14.6 Å². The molecular formula is C8H4N4O2. The SMILES string of the molecule is c1coc(-c2cnc3nonc3n2)c1. The number of furan rings is 1. The largest absolute Gasteiger partial charge is 0.463 e. The molecule has 3 rings (SSSR count). The Labute approximate surface area is 77.5 Å². The van der Waals surface area contributed by atoms with Crippen LogP contribution in [0.25, 0.3) is 22.7 Å². The molecule has 0 aliphatic carbocycles. The predicted molar refractivity (Wildman–Crippen MR) is 45.1 cm³/mol. The summed E-state index contributed by atoms with van der Waals surface area (Å²) in [5.41, 5.74) is 1.37. The highest BCUT2D eigenvalue weighted by Gasteiger charge is 2.07. The average molecular weight is 188 g/mol. The molecule has 3 heterocycles. The van der Waals surface area contributed by atoms with Crippen LogP contribution in [0.1, 0.15) is 0 Å². The molecule has 0 saturated heterocycles. The van der Waals surface area contributed by atoms with Gasteiger partial charge in [0.25, 0.3) is 0 Å². The fourth-order valence-electron chi connectivity index (χ4n) is 1.14. The van der Waals surface area contributed by atoms with Crippen LogP contribution in [-0.4, -0.2) is 20.3 Å². The topological polar surface area (TPSA) is 77.8 Å². The molecule has 0 unspecified atom stereocenters. The van der Waals surface area contributed by atoms with E-state index in [2.05, 4.69) is 24.9 Å². The maximum atomic E-state index is 5.16. The first-order chi connectivity index (χ1) is 6.93. The lowest BCUT2D eigenvalue weighted by Gasteiger charge is -1.91. The number of hydrogen-bond acceptors (Lipinski definition) is 6. The monoisotopic (exact) mass is 188 g/mol. The van der Waals surface area contributed by atoms with Crippen LogP contribution in [0.15, 0.2) is 33.6 Å². The van der Waals surface area contributed by atoms with Crippen molar-refractivity contribution in [3.05, 3.63) is 24.6 Å². The summed E-state index contributed by atoms with van der Waals surface area (Å²) in [6.45, 7) is 0. The number of nitrogens with zero attached hydrogens (tertiary/aromatic N) is 4. The summed E-state index contributed by atoms with van der Waals surface area (Å²) >= 11 is 0. The Kier molecular flexibility index (Phi) is 1.35. The van der Waals surface area contributed by atoms with Gasteiger partial charge < -0.3 is 4.42 Å². The molecule has 6 nitrogen and oxygen atoms in total. The fraction of sp³-hybridized carbons (Fsp3) is 0. The molecule has 0 bridgehead atoms. The number of aromatic nitrogens is 4. The smallest absolute Gasteiger partial charge is 0.244 e. The fourth-order valence-corrected chi connectivity index (χ4v) is 1.14. The molecule has 0 amide bonds. The van der Waals surface area contributed by atoms with Crippen LogP contribution in [0.2, 0.25) is 0 Å². The van der Waals surface area contributed by atoms with Crippen molar-refractivity contribution in [3.63, 3.8) is 0 Å². The normalized spacial score (nSPS) is 10.9. The van der Waals surface area contributed by atoms with Crippen LogP contribution < -0.4 is 0 Å². The minimum absolute atomic E-state index is 0.374. The van der Waals surface area contributed by atoms with Crippen molar-refractivity contribution in [2.45, 2.75) is 0 Å². The van der Waals surface area contributed by atoms with E-state index in [1.807, 2.05) is 0 Å². The highest BCUT2D eigenvalue weighted by Crippen LogP contribution is 2.17. The molecule has 0 spiro atoms. The minimum Gasteiger partial charge on any atom is -0.463 e. The van der Waals surface area contributed by atoms with Crippen molar-refractivity contribution < 1.29 is 9.05 Å². The lowest BCUT2D eigenvalue weighted by atomic mass is 10.3. The molecule has 68 valence electrons. The number of rotatable bonds is 1. The second-order valence-electron chi connectivity index (χ2n) is 2.64. The van der Waals surface area contributed by atoms with Crippen molar-refractivity contribution in [1.29, 1.82) is 0 Å². The van der Waals surface area contributed by atoms with Gasteiger partial charge in [-0.2, -0.15) is 0 Å². The van der Waals surface area contributed by atoms with Gasteiger partial charge in [-0.15, -0.1) is 0 Å². The third-order valence-corrected chi connectivity index (χ3v) is 1.76. The first-order valence-corrected chi connectivity index (χ1v) is 3.93. The van der Waals surface area contributed by atoms with Crippen molar-refractivity contribution >= 4 is 11.3 Å². The highest BCUT2D eigenvalue weighted by atomic mass is 16.6. The maximum Gasteiger partial charge on any atom is 0.244 e. The molecule has 0 aliphatic heterocycles. The first kappa shape index (κ1) is 7.19. The molecule has 0 atom stereocenters. The lowest BCUT2D eigenvalue weighted by molar-refractivity contribution is 0.314. The zero-order valence-corrected chi connectivity index (χ0v) is 6.91. The Morgan fingerprint density at radius 1 is 1.14 bits per heavy atom. The van der Waals surface area contributed by atoms with E-state index in [0.717, 1.165) is 0 Å². The maximum absolute atomic E-state index is 5.16. The Bertz CT molecular complexity index is 558. The van der Waals surface area contributed by atoms with Gasteiger partial charge in [0.2, 0.25) is 11.3 Å². The van der Waals surface area contributed by atoms with Gasteiger partial charge in [-0.1, -0.05) is 0 Å². The van der Waals surface area contributed by atoms with Crippen LogP contribution in [-0.2, 0) is 0 Å². The minimum atomic E-state index is 0.374. The van der Waals surface area contributed by atoms with Gasteiger partial charge in [0.15, 0.2) is 5.76 Å². The van der Waals surface area contributed by atoms with Crippen LogP contribution in [0, 0.1) is 0 Å². The van der Waals surface area contributed by atoms with E-state index in [1.54, 1.807) is 24.6 Å². The summed E-state index contributed by atoms with van der Waals surface area (Å²) in [5.74, 6) is 0.641. The van der Waals surface area contributed by atoms with E-state index < -0.39 is 0 Å². The van der Waals surface area contributed by atoms with Gasteiger partial charge in [0.1, 0.15) is 5.69 Å². The summed E-state index contributed by atoms with van der Waals surface area (Å²) < 4.78 is 9.65. The van der Waals surface area contributed by atoms with Crippen molar-refractivity contribution in [2.75, 3.05) is 0 Å². The van der Waals surface area contributed by atoms with Crippen LogP contribution in [0.4, 0.5) is 0 Å². The molecule has 6 heteroatoms. The molecule has 14 heavy (non-hydrogen) atoms. The van der Waals surface area contributed by atoms with Gasteiger partial charge in [0.05, 0.1) is 12.5 Å². The summed E-state index contributed by atoms with van der Waals surface area (Å²) in [5, 5.41) is 7.14. The predicted octanol–water partition coefficient (Wildman–Crippen LogP) is 1.27. The van der Waals surface area contributed by atoms with Crippen LogP contribution >= 0.6 is 0 Å². The summed E-state index contributed by atoms with van der Waals surface area (Å²) in [6, 6.07) is 3.58. The Morgan fingerprint density at radius 3 is 2.93 bits per heavy atom. The molecule has 0 aromatic carbocycles. The highest BCUT2D eigenvalue weighted by molar-refractivity contribution is 5.66. The van der Waals surface area contributed by atoms with E-state index in [-0.39, 0.29) is 0 Å². The van der Waals surface area contributed by atoms with E-state index >= 15 is 0 Å². The Morgan fingerprint density at radius 2 is 2.07 bits per heavy atom. The summed E-state index contributed by atoms with van der Waals surface area (Å²) in [4.78, 5) is 8.16. The lowest BCUT2D eigenvalue weighted by Crippen LogP contribution is -1.85. The zero-order valence-electron chi connectivity index (χ0n) is 6.91. The summed E-state index contributed by atoms with van der Waals surface area (Å²) in [6.07, 6.45) is 3.13. The standard InChI is InChI=1S/C8H4N4O2/c1-2-6(13-3-1)5-4-9-7-8(10-5)12-14-11-7/h1-4H. The summed E-state index contributed by atoms with van der Waals surface area (Å²) in [7, 11) is 0. The Balaban J connectivity index is 2.23. The van der Waals surface area contributed by atoms with Crippen molar-refractivity contribution in [2.24, 2.45) is 0 Å². The molecule has 3 aromatic rings.